The molecule has 4 unspecified atom stereocenters. The number of carbonyl (C=O) groups excluding carboxylic acids is 7. The Bertz CT molecular complexity index is 3800. The smallest absolute Gasteiger partial charge is 0.260 e. The number of aromatic nitrogens is 1. The van der Waals surface area contributed by atoms with E-state index in [4.69, 9.17) is 33.7 Å². The molecule has 6 aliphatic rings. The third-order valence-corrected chi connectivity index (χ3v) is 20.6. The van der Waals surface area contributed by atoms with Gasteiger partial charge in [-0.05, 0) is 96.5 Å². The van der Waals surface area contributed by atoms with Gasteiger partial charge < -0.3 is 60.1 Å². The summed E-state index contributed by atoms with van der Waals surface area (Å²) in [7, 11) is 4.65. The second-order valence-corrected chi connectivity index (χ2v) is 27.2. The summed E-state index contributed by atoms with van der Waals surface area (Å²) in [6, 6.07) is 21.8. The van der Waals surface area contributed by atoms with Crippen molar-refractivity contribution < 1.29 is 57.2 Å². The van der Waals surface area contributed by atoms with Crippen molar-refractivity contribution >= 4 is 117 Å². The Morgan fingerprint density at radius 3 is 1.58 bits per heavy atom. The maximum Gasteiger partial charge on any atom is 0.260 e. The highest BCUT2D eigenvalue weighted by Crippen LogP contribution is 2.43. The van der Waals surface area contributed by atoms with Gasteiger partial charge in [0.1, 0.15) is 29.5 Å². The Kier molecular flexibility index (Phi) is 21.9. The number of hydrogen-bond acceptors (Lipinski definition) is 17. The fourth-order valence-corrected chi connectivity index (χ4v) is 15.3. The van der Waals surface area contributed by atoms with Gasteiger partial charge in [-0.1, -0.05) is 70.2 Å². The molecule has 0 spiro atoms. The molecule has 1 aromatic heterocycles. The van der Waals surface area contributed by atoms with Crippen molar-refractivity contribution in [3.8, 4) is 28.7 Å². The van der Waals surface area contributed by atoms with Gasteiger partial charge in [0.25, 0.3) is 17.7 Å². The third-order valence-electron chi connectivity index (χ3n) is 17.5. The Morgan fingerprint density at radius 1 is 0.600 bits per heavy atom. The molecule has 2 bridgehead atoms. The summed E-state index contributed by atoms with van der Waals surface area (Å²) in [6.45, 7) is 5.56. The monoisotopic (exact) mass is 1330 g/mol. The minimum Gasteiger partial charge on any atom is -0.497 e. The molecule has 11 rings (SSSR count). The van der Waals surface area contributed by atoms with Crippen LogP contribution >= 0.6 is 23.5 Å². The number of thioether (sulfide) groups is 2. The fraction of sp³-hybridized carbons (Fsp3) is 0.408. The number of anilines is 3. The van der Waals surface area contributed by atoms with Gasteiger partial charge in [-0.3, -0.25) is 43.5 Å². The Morgan fingerprint density at radius 2 is 1.09 bits per heavy atom. The minimum atomic E-state index is -1.07. The number of amides is 7. The first-order chi connectivity index (χ1) is 46.0. The van der Waals surface area contributed by atoms with E-state index in [1.165, 1.54) is 45.6 Å². The van der Waals surface area contributed by atoms with Crippen LogP contribution in [0.25, 0.3) is 11.1 Å². The lowest BCUT2D eigenvalue weighted by Crippen LogP contribution is -2.53. The van der Waals surface area contributed by atoms with Crippen molar-refractivity contribution in [1.82, 2.24) is 25.4 Å². The average Bonchev–Trinajstić information content (AvgIpc) is 1.64. The van der Waals surface area contributed by atoms with Gasteiger partial charge in [-0.25, -0.2) is 4.98 Å². The standard InChI is InChI=1S/C71H80N10O12S2/c1-41(2)66(79-68(85)45-31-62-76-63(32-45)78-65(83)24-28-95-61-14-11-9-7-8-10-13-60(61)94-27-23-64(82)77-62)69(86)74-42(3)67(84)75-48-19-15-43(16-20-48)46-29-49-37-72-54-35-58(56(90-5)33-52(54)70(87)80(49)39-46)92-25-12-26-93-59-36-55-53(34-57(59)91-6)71(88)81-40-47(30-50(81)38-73-55)44-17-21-51(89-4)22-18-44/h15-22,31-42,49-50,60-61,66H,7-14,23-30H2,1-6H3,(H,74,86)(H,75,84)(H,79,85)(H2,76,77,78,82,83)/t42-,49?,50-,60?,61?,66?/m0/s1. The first kappa shape index (κ1) is 67.3. The van der Waals surface area contributed by atoms with Crippen molar-refractivity contribution in [3.63, 3.8) is 0 Å². The summed E-state index contributed by atoms with van der Waals surface area (Å²) >= 11 is 3.65. The summed E-state index contributed by atoms with van der Waals surface area (Å²) in [5, 5.41) is 14.8. The highest BCUT2D eigenvalue weighted by Gasteiger charge is 2.36. The molecule has 0 saturated heterocycles. The zero-order valence-electron chi connectivity index (χ0n) is 54.2. The highest BCUT2D eigenvalue weighted by atomic mass is 32.2. The second kappa shape index (κ2) is 30.9. The van der Waals surface area contributed by atoms with Gasteiger partial charge in [0.05, 0.1) is 69.1 Å². The molecule has 5 N–H and O–H groups in total. The predicted octanol–water partition coefficient (Wildman–Crippen LogP) is 11.4. The molecule has 5 aliphatic heterocycles. The van der Waals surface area contributed by atoms with E-state index in [1.807, 2.05) is 72.3 Å². The number of methoxy groups -OCH3 is 3. The molecule has 1 saturated carbocycles. The molecule has 0 radical (unpaired) electrons. The van der Waals surface area contributed by atoms with Crippen LogP contribution in [0.5, 0.6) is 28.7 Å². The van der Waals surface area contributed by atoms with E-state index in [1.54, 1.807) is 86.5 Å². The molecular formula is C71H80N10O12S2. The Labute approximate surface area is 561 Å². The van der Waals surface area contributed by atoms with Crippen LogP contribution in [0.2, 0.25) is 0 Å². The minimum absolute atomic E-state index is 0.0715. The van der Waals surface area contributed by atoms with Gasteiger partial charge in [0.15, 0.2) is 23.0 Å². The van der Waals surface area contributed by atoms with E-state index in [0.717, 1.165) is 53.7 Å². The molecule has 7 amide bonds. The topological polar surface area (TPSA) is 270 Å². The van der Waals surface area contributed by atoms with Gasteiger partial charge in [0, 0.05) is 102 Å². The maximum atomic E-state index is 14.2. The normalized spacial score (nSPS) is 20.2. The van der Waals surface area contributed by atoms with Crippen LogP contribution in [0, 0.1) is 5.92 Å². The Hall–Kier alpha value is -9.16. The van der Waals surface area contributed by atoms with Crippen LogP contribution in [-0.2, 0) is 19.2 Å². The summed E-state index contributed by atoms with van der Waals surface area (Å²) in [6.07, 6.45) is 17.4. The predicted molar refractivity (Wildman–Crippen MR) is 370 cm³/mol. The largest absolute Gasteiger partial charge is 0.497 e. The molecule has 498 valence electrons. The number of aliphatic imine (C=N–C) groups is 2. The van der Waals surface area contributed by atoms with Crippen LogP contribution in [0.15, 0.2) is 107 Å². The maximum absolute atomic E-state index is 14.2. The van der Waals surface area contributed by atoms with E-state index in [0.29, 0.717) is 92.5 Å². The number of hydrogen-bond donors (Lipinski definition) is 5. The van der Waals surface area contributed by atoms with E-state index in [-0.39, 0.29) is 79.0 Å². The van der Waals surface area contributed by atoms with Crippen LogP contribution in [0.3, 0.4) is 0 Å². The molecule has 22 nitrogen and oxygen atoms in total. The van der Waals surface area contributed by atoms with Crippen LogP contribution in [-0.4, -0.2) is 149 Å². The van der Waals surface area contributed by atoms with Gasteiger partial charge in [-0.2, -0.15) is 23.5 Å². The lowest BCUT2D eigenvalue weighted by Gasteiger charge is -2.26. The van der Waals surface area contributed by atoms with Crippen LogP contribution in [0.1, 0.15) is 140 Å². The molecule has 4 aromatic carbocycles. The fourth-order valence-electron chi connectivity index (χ4n) is 12.3. The molecule has 1 fully saturated rings. The van der Waals surface area contributed by atoms with Crippen molar-refractivity contribution in [2.75, 3.05) is 62.0 Å². The van der Waals surface area contributed by atoms with E-state index >= 15 is 0 Å². The SMILES string of the molecule is COc1ccc(C2=CN3C(=O)c4cc(OC)c(OCCCOc5cc6c(cc5OC)C(=O)N5C=C(c7ccc(NC(=O)[C@H](C)NC(=O)C(NC(=O)c8cc9nc(c8)NC(=O)CCSC8CCCCCCCC8SCCC(=O)N9)C(C)C)cc7)CC5C=N6)cc4N=C[C@@H]3C2)cc1. The van der Waals surface area contributed by atoms with E-state index in [2.05, 4.69) is 31.6 Å². The van der Waals surface area contributed by atoms with Crippen molar-refractivity contribution in [2.45, 2.75) is 132 Å². The van der Waals surface area contributed by atoms with Crippen LogP contribution in [0.4, 0.5) is 28.7 Å². The number of pyridine rings is 1. The van der Waals surface area contributed by atoms with E-state index < -0.39 is 35.7 Å². The second-order valence-electron chi connectivity index (χ2n) is 24.5. The summed E-state index contributed by atoms with van der Waals surface area (Å²) in [4.78, 5) is 113. The van der Waals surface area contributed by atoms with Gasteiger partial charge in [0.2, 0.25) is 23.6 Å². The van der Waals surface area contributed by atoms with Crippen molar-refractivity contribution in [3.05, 3.63) is 125 Å². The number of nitrogens with one attached hydrogen (secondary N) is 5. The van der Waals surface area contributed by atoms with Crippen molar-refractivity contribution in [1.29, 1.82) is 0 Å². The number of fused-ring (bicyclic) bond motifs is 7. The van der Waals surface area contributed by atoms with Gasteiger partial charge in [-0.15, -0.1) is 0 Å². The molecule has 1 aliphatic carbocycles. The lowest BCUT2D eigenvalue weighted by atomic mass is 10.0. The quantitative estimate of drug-likeness (QED) is 0.0510. The van der Waals surface area contributed by atoms with Gasteiger partial charge >= 0.3 is 0 Å². The van der Waals surface area contributed by atoms with Crippen molar-refractivity contribution in [2.24, 2.45) is 15.9 Å². The van der Waals surface area contributed by atoms with E-state index in [9.17, 15) is 33.6 Å². The third kappa shape index (κ3) is 16.3. The number of rotatable bonds is 18. The lowest BCUT2D eigenvalue weighted by molar-refractivity contribution is -0.128. The molecule has 24 heteroatoms. The number of ether oxygens (including phenoxy) is 5. The molecule has 6 atom stereocenters. The molecule has 5 aromatic rings. The van der Waals surface area contributed by atoms with Crippen LogP contribution < -0.4 is 50.3 Å². The first-order valence-corrected chi connectivity index (χ1v) is 34.5. The first-order valence-electron chi connectivity index (χ1n) is 32.4. The Balaban J connectivity index is 0.657. The number of nitrogens with zero attached hydrogens (tertiary/aromatic N) is 5. The zero-order chi connectivity index (χ0) is 66.7. The average molecular weight is 1330 g/mol. The molecular weight excluding hydrogens is 1250 g/mol. The summed E-state index contributed by atoms with van der Waals surface area (Å²) in [5.41, 5.74) is 5.92. The number of benzene rings is 4. The highest BCUT2D eigenvalue weighted by molar-refractivity contribution is 8.03. The summed E-state index contributed by atoms with van der Waals surface area (Å²) in [5.74, 6) is 0.696. The zero-order valence-corrected chi connectivity index (χ0v) is 55.8. The molecule has 95 heavy (non-hydrogen) atoms. The summed E-state index contributed by atoms with van der Waals surface area (Å²) < 4.78 is 29.1. The molecule has 6 heterocycles. The number of carbonyl (C=O) groups is 7.